The van der Waals surface area contributed by atoms with Crippen LogP contribution in [0.3, 0.4) is 0 Å². The van der Waals surface area contributed by atoms with E-state index in [1.54, 1.807) is 25.2 Å². The number of likely N-dealkylation sites (N-methyl/N-ethyl adjacent to an activating group) is 2. The minimum Gasteiger partial charge on any atom is -0.372 e. The molecule has 0 heterocycles. The second kappa shape index (κ2) is 7.98. The van der Waals surface area contributed by atoms with E-state index >= 15 is 0 Å². The third kappa shape index (κ3) is 3.94. The predicted octanol–water partition coefficient (Wildman–Crippen LogP) is 2.66. The van der Waals surface area contributed by atoms with E-state index in [0.717, 1.165) is 5.57 Å². The number of hydrazone groups is 1. The molecule has 0 radical (unpaired) electrons. The van der Waals surface area contributed by atoms with Gasteiger partial charge in [0.15, 0.2) is 5.78 Å². The molecular weight excluding hydrogens is 266 g/mol. The average Bonchev–Trinajstić information content (AvgIpc) is 2.48. The zero-order chi connectivity index (χ0) is 16.8. The summed E-state index contributed by atoms with van der Waals surface area (Å²) < 4.78 is 5.75. The van der Waals surface area contributed by atoms with E-state index in [0.29, 0.717) is 12.2 Å². The highest BCUT2D eigenvalue weighted by Gasteiger charge is 2.38. The summed E-state index contributed by atoms with van der Waals surface area (Å²) >= 11 is 0. The molecule has 0 saturated carbocycles. The first-order valence-corrected chi connectivity index (χ1v) is 7.07. The van der Waals surface area contributed by atoms with E-state index in [2.05, 4.69) is 18.4 Å². The van der Waals surface area contributed by atoms with Crippen LogP contribution in [0.2, 0.25) is 0 Å². The van der Waals surface area contributed by atoms with E-state index in [1.807, 2.05) is 39.6 Å². The Morgan fingerprint density at radius 1 is 1.48 bits per heavy atom. The van der Waals surface area contributed by atoms with Gasteiger partial charge in [0.2, 0.25) is 0 Å². The van der Waals surface area contributed by atoms with Gasteiger partial charge in [-0.2, -0.15) is 5.10 Å². The van der Waals surface area contributed by atoms with Crippen molar-refractivity contribution in [1.82, 2.24) is 9.91 Å². The number of carbonyl (C=O) groups excluding carboxylic acids is 1. The lowest BCUT2D eigenvalue weighted by Crippen LogP contribution is -2.49. The van der Waals surface area contributed by atoms with Crippen LogP contribution in [-0.4, -0.2) is 54.8 Å². The quantitative estimate of drug-likeness (QED) is 0.373. The van der Waals surface area contributed by atoms with Crippen molar-refractivity contribution >= 4 is 12.5 Å². The monoisotopic (exact) mass is 295 g/mol. The molecule has 0 aromatic heterocycles. The molecule has 0 aromatic carbocycles. The summed E-state index contributed by atoms with van der Waals surface area (Å²) in [6, 6.07) is -0.0853. The molecule has 0 aliphatic heterocycles. The van der Waals surface area contributed by atoms with Gasteiger partial charge in [-0.05, 0) is 39.5 Å². The first-order chi connectivity index (χ1) is 9.70. The molecule has 0 N–H and O–H groups in total. The molecule has 0 bridgehead atoms. The van der Waals surface area contributed by atoms with Crippen LogP contribution in [-0.2, 0) is 9.53 Å². The number of rotatable bonds is 9. The standard InChI is InChI=1S/C16H29N3O2/c1-10-19(11-2)15(13(4)20)12(3)16(6,21-9)14(5)18(8)17-7/h10,14H,1,7,11H2,2-6,8-9H3/b15-12-/t14-,16?/m1/s1. The number of hydrogen-bond acceptors (Lipinski definition) is 5. The second-order valence-electron chi connectivity index (χ2n) is 5.20. The van der Waals surface area contributed by atoms with Gasteiger partial charge in [-0.3, -0.25) is 9.80 Å². The Bertz CT molecular complexity index is 431. The Morgan fingerprint density at radius 3 is 2.29 bits per heavy atom. The lowest BCUT2D eigenvalue weighted by atomic mass is 9.86. The molecular formula is C16H29N3O2. The molecule has 0 aliphatic rings. The Morgan fingerprint density at radius 2 is 2.00 bits per heavy atom. The minimum atomic E-state index is -0.673. The van der Waals surface area contributed by atoms with Crippen molar-refractivity contribution in [3.05, 3.63) is 24.0 Å². The summed E-state index contributed by atoms with van der Waals surface area (Å²) in [6.07, 6.45) is 1.66. The Labute approximate surface area is 128 Å². The van der Waals surface area contributed by atoms with Gasteiger partial charge in [-0.1, -0.05) is 6.58 Å². The summed E-state index contributed by atoms with van der Waals surface area (Å²) in [5, 5.41) is 5.67. The number of carbonyl (C=O) groups is 1. The molecule has 0 aromatic rings. The summed E-state index contributed by atoms with van der Waals surface area (Å²) in [7, 11) is 3.47. The summed E-state index contributed by atoms with van der Waals surface area (Å²) in [5.41, 5.74) is 0.788. The Balaban J connectivity index is 6.09. The van der Waals surface area contributed by atoms with Crippen LogP contribution in [0.25, 0.3) is 0 Å². The van der Waals surface area contributed by atoms with Crippen LogP contribution in [0.1, 0.15) is 34.6 Å². The normalized spacial score (nSPS) is 16.3. The number of nitrogens with zero attached hydrogens (tertiary/aromatic N) is 3. The zero-order valence-electron chi connectivity index (χ0n) is 14.4. The van der Waals surface area contributed by atoms with Crippen LogP contribution in [0.5, 0.6) is 0 Å². The van der Waals surface area contributed by atoms with Gasteiger partial charge in [0, 0.05) is 34.3 Å². The lowest BCUT2D eigenvalue weighted by molar-refractivity contribution is -0.115. The van der Waals surface area contributed by atoms with Crippen LogP contribution in [0, 0.1) is 0 Å². The molecule has 0 spiro atoms. The third-order valence-corrected chi connectivity index (χ3v) is 4.29. The van der Waals surface area contributed by atoms with Gasteiger partial charge in [0.25, 0.3) is 0 Å². The van der Waals surface area contributed by atoms with Gasteiger partial charge < -0.3 is 9.64 Å². The van der Waals surface area contributed by atoms with E-state index in [9.17, 15) is 4.79 Å². The highest BCUT2D eigenvalue weighted by molar-refractivity contribution is 5.93. The number of allylic oxidation sites excluding steroid dienone is 1. The smallest absolute Gasteiger partial charge is 0.176 e. The highest BCUT2D eigenvalue weighted by atomic mass is 16.5. The van der Waals surface area contributed by atoms with Crippen molar-refractivity contribution in [1.29, 1.82) is 0 Å². The minimum absolute atomic E-state index is 0.0149. The summed E-state index contributed by atoms with van der Waals surface area (Å²) in [4.78, 5) is 14.0. The summed E-state index contributed by atoms with van der Waals surface area (Å²) in [6.45, 7) is 17.4. The highest BCUT2D eigenvalue weighted by Crippen LogP contribution is 2.31. The lowest BCUT2D eigenvalue weighted by Gasteiger charge is -2.40. The van der Waals surface area contributed by atoms with Crippen LogP contribution in [0.4, 0.5) is 0 Å². The zero-order valence-corrected chi connectivity index (χ0v) is 14.4. The fourth-order valence-electron chi connectivity index (χ4n) is 2.41. The van der Waals surface area contributed by atoms with Gasteiger partial charge in [0.1, 0.15) is 5.60 Å². The van der Waals surface area contributed by atoms with Crippen molar-refractivity contribution in [2.45, 2.75) is 46.3 Å². The van der Waals surface area contributed by atoms with Crippen molar-refractivity contribution < 1.29 is 9.53 Å². The molecule has 2 atom stereocenters. The van der Waals surface area contributed by atoms with E-state index in [-0.39, 0.29) is 11.8 Å². The first-order valence-electron chi connectivity index (χ1n) is 7.07. The van der Waals surface area contributed by atoms with Crippen molar-refractivity contribution in [2.75, 3.05) is 20.7 Å². The SMILES string of the molecule is C=CN(CC)/C(C(C)=O)=C(/C)C(C)(OC)[C@@H](C)N(C)N=C. The van der Waals surface area contributed by atoms with Gasteiger partial charge in [0.05, 0.1) is 11.7 Å². The van der Waals surface area contributed by atoms with E-state index < -0.39 is 5.60 Å². The van der Waals surface area contributed by atoms with Crippen LogP contribution >= 0.6 is 0 Å². The third-order valence-electron chi connectivity index (χ3n) is 4.29. The second-order valence-corrected chi connectivity index (χ2v) is 5.20. The first kappa shape index (κ1) is 19.4. The largest absolute Gasteiger partial charge is 0.372 e. The number of methoxy groups -OCH3 is 1. The molecule has 5 heteroatoms. The molecule has 1 unspecified atom stereocenters. The maximum atomic E-state index is 12.1. The Kier molecular flexibility index (Phi) is 7.36. The van der Waals surface area contributed by atoms with E-state index in [4.69, 9.17) is 4.74 Å². The predicted molar refractivity (Wildman–Crippen MR) is 88.1 cm³/mol. The molecule has 0 fully saturated rings. The van der Waals surface area contributed by atoms with Gasteiger partial charge >= 0.3 is 0 Å². The molecule has 120 valence electrons. The number of hydrogen-bond donors (Lipinski definition) is 0. The van der Waals surface area contributed by atoms with Crippen molar-refractivity contribution in [3.63, 3.8) is 0 Å². The van der Waals surface area contributed by atoms with Crippen LogP contribution in [0.15, 0.2) is 29.2 Å². The maximum Gasteiger partial charge on any atom is 0.176 e. The fraction of sp³-hybridized carbons (Fsp3) is 0.625. The van der Waals surface area contributed by atoms with Gasteiger partial charge in [-0.15, -0.1) is 0 Å². The molecule has 0 amide bonds. The van der Waals surface area contributed by atoms with Crippen molar-refractivity contribution in [2.24, 2.45) is 5.10 Å². The van der Waals surface area contributed by atoms with Crippen molar-refractivity contribution in [3.8, 4) is 0 Å². The molecule has 21 heavy (non-hydrogen) atoms. The molecule has 0 saturated heterocycles. The summed E-state index contributed by atoms with van der Waals surface area (Å²) in [5.74, 6) is -0.0149. The Hall–Kier alpha value is -1.62. The van der Waals surface area contributed by atoms with E-state index in [1.165, 1.54) is 0 Å². The molecule has 5 nitrogen and oxygen atoms in total. The molecule has 0 aliphatic carbocycles. The number of ketones is 1. The van der Waals surface area contributed by atoms with Crippen LogP contribution < -0.4 is 0 Å². The van der Waals surface area contributed by atoms with Gasteiger partial charge in [-0.25, -0.2) is 0 Å². The average molecular weight is 295 g/mol. The number of Topliss-reactive ketones (excluding diaryl/α,β-unsaturated/α-hetero) is 1. The number of ether oxygens (including phenoxy) is 1. The maximum absolute atomic E-state index is 12.1. The molecule has 0 rings (SSSR count). The fourth-order valence-corrected chi connectivity index (χ4v) is 2.41. The topological polar surface area (TPSA) is 45.1 Å².